The first-order chi connectivity index (χ1) is 9.29. The van der Waals surface area contributed by atoms with Gasteiger partial charge in [-0.1, -0.05) is 24.5 Å². The topological polar surface area (TPSA) is 69.6 Å². The van der Waals surface area contributed by atoms with Crippen LogP contribution in [0, 0.1) is 6.92 Å². The van der Waals surface area contributed by atoms with E-state index in [2.05, 4.69) is 15.3 Å². The molecule has 0 radical (unpaired) electrons. The summed E-state index contributed by atoms with van der Waals surface area (Å²) in [7, 11) is 0. The van der Waals surface area contributed by atoms with Gasteiger partial charge in [0.25, 0.3) is 0 Å². The Kier molecular flexibility index (Phi) is 3.61. The standard InChI is InChI=1S/C13H19N5S/c1-9-8-19-13(15-9)18-12(11(7-14)16-17-18)10-5-3-2-4-6-10/h8,10H,2-7,14H2,1H3. The molecule has 0 atom stereocenters. The summed E-state index contributed by atoms with van der Waals surface area (Å²) >= 11 is 1.61. The molecule has 3 rings (SSSR count). The van der Waals surface area contributed by atoms with E-state index in [4.69, 9.17) is 5.73 Å². The van der Waals surface area contributed by atoms with Gasteiger partial charge in [-0.3, -0.25) is 0 Å². The molecular weight excluding hydrogens is 258 g/mol. The molecule has 1 aliphatic carbocycles. The molecule has 2 heterocycles. The third kappa shape index (κ3) is 2.42. The van der Waals surface area contributed by atoms with Gasteiger partial charge in [-0.2, -0.15) is 4.68 Å². The van der Waals surface area contributed by atoms with Gasteiger partial charge in [0.15, 0.2) is 0 Å². The number of nitrogens with zero attached hydrogens (tertiary/aromatic N) is 4. The first kappa shape index (κ1) is 12.7. The lowest BCUT2D eigenvalue weighted by atomic mass is 9.86. The van der Waals surface area contributed by atoms with Gasteiger partial charge in [-0.15, -0.1) is 16.4 Å². The van der Waals surface area contributed by atoms with Crippen molar-refractivity contribution in [1.29, 1.82) is 0 Å². The van der Waals surface area contributed by atoms with Crippen LogP contribution < -0.4 is 5.73 Å². The van der Waals surface area contributed by atoms with Crippen molar-refractivity contribution in [2.75, 3.05) is 0 Å². The van der Waals surface area contributed by atoms with Gasteiger partial charge in [0.1, 0.15) is 5.69 Å². The summed E-state index contributed by atoms with van der Waals surface area (Å²) in [5, 5.41) is 11.5. The van der Waals surface area contributed by atoms with Crippen LogP contribution in [0.25, 0.3) is 5.13 Å². The molecule has 0 unspecified atom stereocenters. The molecule has 19 heavy (non-hydrogen) atoms. The highest BCUT2D eigenvalue weighted by molar-refractivity contribution is 7.12. The Morgan fingerprint density at radius 2 is 2.16 bits per heavy atom. The summed E-state index contributed by atoms with van der Waals surface area (Å²) in [5.41, 5.74) is 8.97. The molecule has 0 spiro atoms. The summed E-state index contributed by atoms with van der Waals surface area (Å²) in [4.78, 5) is 4.52. The molecular formula is C13H19N5S. The predicted octanol–water partition coefficient (Wildman–Crippen LogP) is 2.54. The van der Waals surface area contributed by atoms with E-state index < -0.39 is 0 Å². The molecule has 6 heteroatoms. The first-order valence-electron chi connectivity index (χ1n) is 6.86. The Hall–Kier alpha value is -1.27. The van der Waals surface area contributed by atoms with E-state index in [1.165, 1.54) is 37.8 Å². The lowest BCUT2D eigenvalue weighted by Gasteiger charge is -2.22. The highest BCUT2D eigenvalue weighted by Crippen LogP contribution is 2.35. The molecule has 2 aromatic rings. The molecule has 5 nitrogen and oxygen atoms in total. The smallest absolute Gasteiger partial charge is 0.212 e. The minimum atomic E-state index is 0.455. The fourth-order valence-corrected chi connectivity index (χ4v) is 3.59. The summed E-state index contributed by atoms with van der Waals surface area (Å²) in [6.07, 6.45) is 6.34. The highest BCUT2D eigenvalue weighted by Gasteiger charge is 2.25. The molecule has 1 fully saturated rings. The molecule has 2 aromatic heterocycles. The molecule has 102 valence electrons. The van der Waals surface area contributed by atoms with Gasteiger partial charge < -0.3 is 5.73 Å². The summed E-state index contributed by atoms with van der Waals surface area (Å²) < 4.78 is 1.91. The van der Waals surface area contributed by atoms with Crippen molar-refractivity contribution in [1.82, 2.24) is 20.0 Å². The summed E-state index contributed by atoms with van der Waals surface area (Å²) in [6.45, 7) is 2.46. The number of nitrogens with two attached hydrogens (primary N) is 1. The normalized spacial score (nSPS) is 16.9. The Balaban J connectivity index is 2.02. The highest BCUT2D eigenvalue weighted by atomic mass is 32.1. The second-order valence-corrected chi connectivity index (χ2v) is 5.98. The van der Waals surface area contributed by atoms with Gasteiger partial charge in [-0.25, -0.2) is 4.98 Å². The van der Waals surface area contributed by atoms with Gasteiger partial charge in [0, 0.05) is 17.8 Å². The molecule has 2 N–H and O–H groups in total. The molecule has 0 saturated heterocycles. The van der Waals surface area contributed by atoms with Crippen LogP contribution in [0.3, 0.4) is 0 Å². The van der Waals surface area contributed by atoms with Crippen molar-refractivity contribution in [3.8, 4) is 5.13 Å². The van der Waals surface area contributed by atoms with Gasteiger partial charge >= 0.3 is 0 Å². The maximum atomic E-state index is 5.82. The van der Waals surface area contributed by atoms with Crippen LogP contribution in [0.4, 0.5) is 0 Å². The van der Waals surface area contributed by atoms with Crippen LogP contribution in [-0.2, 0) is 6.54 Å². The molecule has 1 saturated carbocycles. The molecule has 0 aliphatic heterocycles. The zero-order valence-electron chi connectivity index (χ0n) is 11.2. The maximum absolute atomic E-state index is 5.82. The minimum Gasteiger partial charge on any atom is -0.325 e. The van der Waals surface area contributed by atoms with Crippen LogP contribution in [0.1, 0.15) is 55.1 Å². The number of hydrogen-bond donors (Lipinski definition) is 1. The Bertz CT molecular complexity index is 553. The van der Waals surface area contributed by atoms with Crippen molar-refractivity contribution in [2.45, 2.75) is 51.5 Å². The third-order valence-corrected chi connectivity index (χ3v) is 4.69. The summed E-state index contributed by atoms with van der Waals surface area (Å²) in [5.74, 6) is 0.534. The van der Waals surface area contributed by atoms with Crippen molar-refractivity contribution >= 4 is 11.3 Å². The van der Waals surface area contributed by atoms with E-state index in [0.29, 0.717) is 12.5 Å². The number of aryl methyl sites for hydroxylation is 1. The van der Waals surface area contributed by atoms with Crippen LogP contribution in [0.15, 0.2) is 5.38 Å². The fourth-order valence-electron chi connectivity index (χ4n) is 2.83. The first-order valence-corrected chi connectivity index (χ1v) is 7.74. The number of thiazole rings is 1. The number of hydrogen-bond acceptors (Lipinski definition) is 5. The molecule has 0 bridgehead atoms. The van der Waals surface area contributed by atoms with Gasteiger partial charge in [0.05, 0.1) is 11.4 Å². The van der Waals surface area contributed by atoms with Crippen LogP contribution >= 0.6 is 11.3 Å². The van der Waals surface area contributed by atoms with Crippen molar-refractivity contribution < 1.29 is 0 Å². The van der Waals surface area contributed by atoms with Gasteiger partial charge in [0.2, 0.25) is 5.13 Å². The Morgan fingerprint density at radius 1 is 1.37 bits per heavy atom. The Labute approximate surface area is 116 Å². The zero-order chi connectivity index (χ0) is 13.2. The largest absolute Gasteiger partial charge is 0.325 e. The van der Waals surface area contributed by atoms with E-state index in [9.17, 15) is 0 Å². The van der Waals surface area contributed by atoms with E-state index in [-0.39, 0.29) is 0 Å². The molecule has 0 aromatic carbocycles. The summed E-state index contributed by atoms with van der Waals surface area (Å²) in [6, 6.07) is 0. The second-order valence-electron chi connectivity index (χ2n) is 5.14. The van der Waals surface area contributed by atoms with E-state index in [1.54, 1.807) is 11.3 Å². The second kappa shape index (κ2) is 5.38. The van der Waals surface area contributed by atoms with Gasteiger partial charge in [-0.05, 0) is 19.8 Å². The lowest BCUT2D eigenvalue weighted by molar-refractivity contribution is 0.427. The van der Waals surface area contributed by atoms with E-state index in [1.807, 2.05) is 17.0 Å². The minimum absolute atomic E-state index is 0.455. The zero-order valence-corrected chi connectivity index (χ0v) is 12.0. The predicted molar refractivity (Wildman–Crippen MR) is 75.5 cm³/mol. The number of rotatable bonds is 3. The van der Waals surface area contributed by atoms with E-state index in [0.717, 1.165) is 16.5 Å². The average molecular weight is 277 g/mol. The molecule has 1 aliphatic rings. The van der Waals surface area contributed by atoms with Crippen molar-refractivity contribution in [2.24, 2.45) is 5.73 Å². The van der Waals surface area contributed by atoms with Crippen LogP contribution in [0.5, 0.6) is 0 Å². The van der Waals surface area contributed by atoms with Crippen LogP contribution in [-0.4, -0.2) is 20.0 Å². The third-order valence-electron chi connectivity index (χ3n) is 3.75. The maximum Gasteiger partial charge on any atom is 0.212 e. The van der Waals surface area contributed by atoms with E-state index >= 15 is 0 Å². The lowest BCUT2D eigenvalue weighted by Crippen LogP contribution is -2.14. The molecule has 0 amide bonds. The quantitative estimate of drug-likeness (QED) is 0.936. The van der Waals surface area contributed by atoms with Crippen molar-refractivity contribution in [3.05, 3.63) is 22.5 Å². The number of aromatic nitrogens is 4. The SMILES string of the molecule is Cc1csc(-n2nnc(CN)c2C2CCCCC2)n1. The fraction of sp³-hybridized carbons (Fsp3) is 0.615. The average Bonchev–Trinajstić information content (AvgIpc) is 3.05. The van der Waals surface area contributed by atoms with Crippen LogP contribution in [0.2, 0.25) is 0 Å². The monoisotopic (exact) mass is 277 g/mol. The Morgan fingerprint density at radius 3 is 2.79 bits per heavy atom. The van der Waals surface area contributed by atoms with Crippen molar-refractivity contribution in [3.63, 3.8) is 0 Å².